The molecule has 170 valence electrons. The predicted molar refractivity (Wildman–Crippen MR) is 121 cm³/mol. The van der Waals surface area contributed by atoms with Crippen LogP contribution in [0.3, 0.4) is 0 Å². The van der Waals surface area contributed by atoms with Crippen LogP contribution >= 0.6 is 0 Å². The monoisotopic (exact) mass is 457 g/mol. The Kier molecular flexibility index (Phi) is 6.48. The minimum absolute atomic E-state index is 0.171. The van der Waals surface area contributed by atoms with Crippen molar-refractivity contribution in [2.24, 2.45) is 0 Å². The standard InChI is InChI=1S/C23H27N3O5S/c1-17-9-10-18(15-21(17)32(29,30)25-12-5-2-6-13-25)24-22(27)16-26-19-7-3-4-8-20(19)31-14-11-23(26)28/h3-4,7-10,15H,2,5-6,11-14,16H2,1H3,(H,24,27). The van der Waals surface area contributed by atoms with Gasteiger partial charge in [-0.25, -0.2) is 8.42 Å². The van der Waals surface area contributed by atoms with Gasteiger partial charge < -0.3 is 10.1 Å². The van der Waals surface area contributed by atoms with E-state index in [1.54, 1.807) is 37.3 Å². The summed E-state index contributed by atoms with van der Waals surface area (Å²) in [5.41, 5.74) is 1.55. The van der Waals surface area contributed by atoms with Gasteiger partial charge in [0.1, 0.15) is 12.3 Å². The maximum absolute atomic E-state index is 13.1. The Morgan fingerprint density at radius 1 is 1.09 bits per heavy atom. The number of hydrogen-bond donors (Lipinski definition) is 1. The third-order valence-electron chi connectivity index (χ3n) is 5.74. The Morgan fingerprint density at radius 3 is 2.62 bits per heavy atom. The first-order valence-corrected chi connectivity index (χ1v) is 12.2. The summed E-state index contributed by atoms with van der Waals surface area (Å²) in [4.78, 5) is 26.9. The number of piperidine rings is 1. The van der Waals surface area contributed by atoms with Crippen LogP contribution in [0.4, 0.5) is 11.4 Å². The van der Waals surface area contributed by atoms with E-state index in [9.17, 15) is 18.0 Å². The van der Waals surface area contributed by atoms with Gasteiger partial charge in [0, 0.05) is 18.8 Å². The van der Waals surface area contributed by atoms with Crippen molar-refractivity contribution in [2.45, 2.75) is 37.5 Å². The van der Waals surface area contributed by atoms with Crippen LogP contribution < -0.4 is 15.0 Å². The highest BCUT2D eigenvalue weighted by Gasteiger charge is 2.28. The van der Waals surface area contributed by atoms with Crippen LogP contribution in [0.5, 0.6) is 5.75 Å². The lowest BCUT2D eigenvalue weighted by atomic mass is 10.2. The predicted octanol–water partition coefficient (Wildman–Crippen LogP) is 2.92. The third kappa shape index (κ3) is 4.63. The average molecular weight is 458 g/mol. The van der Waals surface area contributed by atoms with Crippen molar-refractivity contribution in [3.05, 3.63) is 48.0 Å². The Hall–Kier alpha value is -2.91. The van der Waals surface area contributed by atoms with Gasteiger partial charge in [0.05, 0.1) is 23.6 Å². The Morgan fingerprint density at radius 2 is 1.84 bits per heavy atom. The van der Waals surface area contributed by atoms with Crippen molar-refractivity contribution < 1.29 is 22.7 Å². The summed E-state index contributed by atoms with van der Waals surface area (Å²) in [6, 6.07) is 11.9. The minimum Gasteiger partial charge on any atom is -0.491 e. The van der Waals surface area contributed by atoms with E-state index >= 15 is 0 Å². The summed E-state index contributed by atoms with van der Waals surface area (Å²) >= 11 is 0. The highest BCUT2D eigenvalue weighted by Crippen LogP contribution is 2.31. The van der Waals surface area contributed by atoms with E-state index < -0.39 is 15.9 Å². The molecule has 2 amide bonds. The van der Waals surface area contributed by atoms with E-state index in [2.05, 4.69) is 5.32 Å². The number of para-hydroxylation sites is 2. The SMILES string of the molecule is Cc1ccc(NC(=O)CN2C(=O)CCOc3ccccc32)cc1S(=O)(=O)N1CCCCC1. The molecule has 2 aliphatic heterocycles. The molecule has 8 nitrogen and oxygen atoms in total. The zero-order valence-corrected chi connectivity index (χ0v) is 18.9. The van der Waals surface area contributed by atoms with Crippen molar-refractivity contribution in [1.82, 2.24) is 4.31 Å². The largest absolute Gasteiger partial charge is 0.491 e. The highest BCUT2D eigenvalue weighted by atomic mass is 32.2. The first-order chi connectivity index (χ1) is 15.4. The molecular weight excluding hydrogens is 430 g/mol. The van der Waals surface area contributed by atoms with Crippen LogP contribution in [0.15, 0.2) is 47.4 Å². The molecule has 0 atom stereocenters. The van der Waals surface area contributed by atoms with Crippen molar-refractivity contribution in [2.75, 3.05) is 36.5 Å². The summed E-state index contributed by atoms with van der Waals surface area (Å²) in [6.45, 7) is 2.83. The zero-order chi connectivity index (χ0) is 22.7. The number of nitrogens with one attached hydrogen (secondary N) is 1. The normalized spacial score (nSPS) is 17.3. The molecule has 0 unspecified atom stereocenters. The maximum atomic E-state index is 13.1. The van der Waals surface area contributed by atoms with E-state index in [0.717, 1.165) is 19.3 Å². The van der Waals surface area contributed by atoms with Gasteiger partial charge in [-0.05, 0) is 49.6 Å². The fraction of sp³-hybridized carbons (Fsp3) is 0.391. The minimum atomic E-state index is -3.63. The molecule has 0 aliphatic carbocycles. The van der Waals surface area contributed by atoms with E-state index in [4.69, 9.17) is 4.74 Å². The number of ether oxygens (including phenoxy) is 1. The third-order valence-corrected chi connectivity index (χ3v) is 7.78. The molecular formula is C23H27N3O5S. The number of carbonyl (C=O) groups excluding carboxylic acids is 2. The van der Waals surface area contributed by atoms with Gasteiger partial charge in [-0.1, -0.05) is 24.6 Å². The molecule has 0 bridgehead atoms. The number of benzene rings is 2. The molecule has 1 saturated heterocycles. The number of anilines is 2. The second-order valence-electron chi connectivity index (χ2n) is 8.04. The lowest BCUT2D eigenvalue weighted by Gasteiger charge is -2.26. The van der Waals surface area contributed by atoms with Crippen molar-refractivity contribution >= 4 is 33.2 Å². The molecule has 2 aromatic carbocycles. The smallest absolute Gasteiger partial charge is 0.244 e. The van der Waals surface area contributed by atoms with Gasteiger partial charge in [0.25, 0.3) is 0 Å². The number of nitrogens with zero attached hydrogens (tertiary/aromatic N) is 2. The maximum Gasteiger partial charge on any atom is 0.244 e. The van der Waals surface area contributed by atoms with E-state index in [0.29, 0.717) is 35.8 Å². The van der Waals surface area contributed by atoms with Gasteiger partial charge in [-0.3, -0.25) is 14.5 Å². The molecule has 0 radical (unpaired) electrons. The molecule has 2 heterocycles. The number of fused-ring (bicyclic) bond motifs is 1. The van der Waals surface area contributed by atoms with Gasteiger partial charge in [-0.2, -0.15) is 4.31 Å². The Labute approximate surface area is 188 Å². The highest BCUT2D eigenvalue weighted by molar-refractivity contribution is 7.89. The number of rotatable bonds is 5. The molecule has 0 spiro atoms. The van der Waals surface area contributed by atoms with E-state index in [1.165, 1.54) is 15.3 Å². The van der Waals surface area contributed by atoms with Gasteiger partial charge in [0.15, 0.2) is 0 Å². The molecule has 4 rings (SSSR count). The summed E-state index contributed by atoms with van der Waals surface area (Å²) in [5.74, 6) is -0.0704. The topological polar surface area (TPSA) is 96.0 Å². The van der Waals surface area contributed by atoms with Crippen LogP contribution in [0.1, 0.15) is 31.2 Å². The van der Waals surface area contributed by atoms with Crippen molar-refractivity contribution in [3.8, 4) is 5.75 Å². The number of hydrogen-bond acceptors (Lipinski definition) is 5. The molecule has 0 aromatic heterocycles. The van der Waals surface area contributed by atoms with Gasteiger partial charge in [0.2, 0.25) is 21.8 Å². The van der Waals surface area contributed by atoms with Gasteiger partial charge >= 0.3 is 0 Å². The molecule has 1 N–H and O–H groups in total. The van der Waals surface area contributed by atoms with Gasteiger partial charge in [-0.15, -0.1) is 0 Å². The van der Waals surface area contributed by atoms with Crippen LogP contribution in [-0.2, 0) is 19.6 Å². The quantitative estimate of drug-likeness (QED) is 0.745. The lowest BCUT2D eigenvalue weighted by molar-refractivity contribution is -0.121. The zero-order valence-electron chi connectivity index (χ0n) is 18.0. The molecule has 2 aliphatic rings. The summed E-state index contributed by atoms with van der Waals surface area (Å²) < 4.78 is 33.4. The number of sulfonamides is 1. The Balaban J connectivity index is 1.53. The first-order valence-electron chi connectivity index (χ1n) is 10.8. The second kappa shape index (κ2) is 9.30. The Bertz CT molecular complexity index is 1130. The van der Waals surface area contributed by atoms with E-state index in [-0.39, 0.29) is 30.4 Å². The number of carbonyl (C=O) groups is 2. The fourth-order valence-corrected chi connectivity index (χ4v) is 5.81. The number of aryl methyl sites for hydroxylation is 1. The van der Waals surface area contributed by atoms with Crippen LogP contribution in [0.25, 0.3) is 0 Å². The first kappa shape index (κ1) is 22.3. The molecule has 9 heteroatoms. The molecule has 2 aromatic rings. The van der Waals surface area contributed by atoms with Crippen molar-refractivity contribution in [1.29, 1.82) is 0 Å². The average Bonchev–Trinajstić information content (AvgIpc) is 2.94. The lowest BCUT2D eigenvalue weighted by Crippen LogP contribution is -2.38. The van der Waals surface area contributed by atoms with E-state index in [1.807, 2.05) is 6.07 Å². The van der Waals surface area contributed by atoms with Crippen LogP contribution in [0.2, 0.25) is 0 Å². The van der Waals surface area contributed by atoms with Crippen molar-refractivity contribution in [3.63, 3.8) is 0 Å². The summed E-state index contributed by atoms with van der Waals surface area (Å²) in [6.07, 6.45) is 2.91. The molecule has 0 saturated carbocycles. The fourth-order valence-electron chi connectivity index (χ4n) is 4.04. The molecule has 32 heavy (non-hydrogen) atoms. The second-order valence-corrected chi connectivity index (χ2v) is 9.95. The summed E-state index contributed by atoms with van der Waals surface area (Å²) in [5, 5.41) is 2.75. The molecule has 1 fully saturated rings. The number of amides is 2. The summed E-state index contributed by atoms with van der Waals surface area (Å²) in [7, 11) is -3.63. The van der Waals surface area contributed by atoms with Crippen LogP contribution in [-0.4, -0.2) is 50.8 Å². The van der Waals surface area contributed by atoms with Crippen LogP contribution in [0, 0.1) is 6.92 Å².